The molecule has 0 atom stereocenters. The molecule has 23 heavy (non-hydrogen) atoms. The van der Waals surface area contributed by atoms with E-state index in [9.17, 15) is 0 Å². The lowest BCUT2D eigenvalue weighted by Gasteiger charge is -2.13. The van der Waals surface area contributed by atoms with Crippen LogP contribution in [0.1, 0.15) is 22.3 Å². The van der Waals surface area contributed by atoms with E-state index in [1.165, 1.54) is 22.3 Å². The summed E-state index contributed by atoms with van der Waals surface area (Å²) in [6.45, 7) is 0. The molecule has 3 aromatic rings. The number of nitrogens with two attached hydrogens (primary N) is 1. The van der Waals surface area contributed by atoms with Crippen molar-refractivity contribution in [3.63, 3.8) is 0 Å². The molecule has 0 aliphatic heterocycles. The summed E-state index contributed by atoms with van der Waals surface area (Å²) in [5.74, 6) is 0. The van der Waals surface area contributed by atoms with Gasteiger partial charge in [0.25, 0.3) is 0 Å². The average molecular weight is 342 g/mol. The number of nitrogen functional groups attached to an aromatic ring is 1. The van der Waals surface area contributed by atoms with Gasteiger partial charge in [0.2, 0.25) is 0 Å². The van der Waals surface area contributed by atoms with Gasteiger partial charge >= 0.3 is 0 Å². The van der Waals surface area contributed by atoms with Crippen LogP contribution in [0.3, 0.4) is 0 Å². The Kier molecular flexibility index (Phi) is 4.90. The minimum absolute atomic E-state index is 0.746. The third-order valence-electron chi connectivity index (χ3n) is 3.91. The molecule has 0 aromatic heterocycles. The van der Waals surface area contributed by atoms with E-state index in [0.29, 0.717) is 0 Å². The number of hydrogen-bond acceptors (Lipinski definition) is 1. The summed E-state index contributed by atoms with van der Waals surface area (Å²) in [6.07, 6.45) is 1.64. The van der Waals surface area contributed by atoms with Crippen molar-refractivity contribution in [2.45, 2.75) is 12.8 Å². The largest absolute Gasteiger partial charge is 0.398 e. The van der Waals surface area contributed by atoms with Crippen molar-refractivity contribution in [3.05, 3.63) is 99.0 Å². The number of rotatable bonds is 4. The SMILES string of the molecule is Nc1cccc(Cc2ccc(Cl)cc2)c1Cc1ccc(Cl)cc1. The van der Waals surface area contributed by atoms with Crippen molar-refractivity contribution in [1.29, 1.82) is 0 Å². The van der Waals surface area contributed by atoms with Gasteiger partial charge in [-0.05, 0) is 65.4 Å². The molecule has 0 unspecified atom stereocenters. The van der Waals surface area contributed by atoms with Crippen LogP contribution in [0.5, 0.6) is 0 Å². The molecule has 3 rings (SSSR count). The summed E-state index contributed by atoms with van der Waals surface area (Å²) in [4.78, 5) is 0. The fraction of sp³-hybridized carbons (Fsp3) is 0.100. The molecule has 0 amide bonds. The summed E-state index contributed by atoms with van der Waals surface area (Å²) < 4.78 is 0. The third kappa shape index (κ3) is 4.07. The minimum Gasteiger partial charge on any atom is -0.398 e. The smallest absolute Gasteiger partial charge is 0.0406 e. The van der Waals surface area contributed by atoms with E-state index in [1.807, 2.05) is 48.5 Å². The molecule has 116 valence electrons. The summed E-state index contributed by atoms with van der Waals surface area (Å²) in [5.41, 5.74) is 11.9. The van der Waals surface area contributed by atoms with Gasteiger partial charge in [0.05, 0.1) is 0 Å². The lowest BCUT2D eigenvalue weighted by atomic mass is 9.94. The maximum atomic E-state index is 6.23. The van der Waals surface area contributed by atoms with Crippen LogP contribution in [0.15, 0.2) is 66.7 Å². The Balaban J connectivity index is 1.90. The summed E-state index contributed by atoms with van der Waals surface area (Å²) >= 11 is 11.9. The molecule has 2 N–H and O–H groups in total. The predicted molar refractivity (Wildman–Crippen MR) is 99.4 cm³/mol. The molecule has 0 aliphatic carbocycles. The zero-order valence-corrected chi connectivity index (χ0v) is 14.1. The first kappa shape index (κ1) is 15.9. The topological polar surface area (TPSA) is 26.0 Å². The summed E-state index contributed by atoms with van der Waals surface area (Å²) in [7, 11) is 0. The van der Waals surface area contributed by atoms with Crippen LogP contribution < -0.4 is 5.73 Å². The van der Waals surface area contributed by atoms with Gasteiger partial charge in [0, 0.05) is 15.7 Å². The fourth-order valence-corrected chi connectivity index (χ4v) is 2.92. The molecule has 0 radical (unpaired) electrons. The molecule has 0 saturated heterocycles. The van der Waals surface area contributed by atoms with Crippen molar-refractivity contribution in [2.24, 2.45) is 0 Å². The second-order valence-electron chi connectivity index (χ2n) is 5.59. The monoisotopic (exact) mass is 341 g/mol. The molecule has 3 aromatic carbocycles. The van der Waals surface area contributed by atoms with Crippen molar-refractivity contribution in [3.8, 4) is 0 Å². The molecular weight excluding hydrogens is 325 g/mol. The molecule has 1 nitrogen and oxygen atoms in total. The van der Waals surface area contributed by atoms with E-state index in [1.54, 1.807) is 0 Å². The molecule has 0 saturated carbocycles. The Bertz CT molecular complexity index is 793. The molecule has 0 bridgehead atoms. The zero-order chi connectivity index (χ0) is 16.2. The highest BCUT2D eigenvalue weighted by molar-refractivity contribution is 6.30. The van der Waals surface area contributed by atoms with Crippen LogP contribution in [0.4, 0.5) is 5.69 Å². The Labute approximate surface area is 146 Å². The first-order valence-corrected chi connectivity index (χ1v) is 8.22. The Morgan fingerprint density at radius 3 is 1.74 bits per heavy atom. The number of benzene rings is 3. The first-order chi connectivity index (χ1) is 11.1. The normalized spacial score (nSPS) is 10.7. The van der Waals surface area contributed by atoms with Gasteiger partial charge < -0.3 is 5.73 Å². The molecule has 3 heteroatoms. The average Bonchev–Trinajstić information content (AvgIpc) is 2.55. The molecule has 0 fully saturated rings. The summed E-state index contributed by atoms with van der Waals surface area (Å²) in [5, 5.41) is 1.50. The Morgan fingerprint density at radius 1 is 0.652 bits per heavy atom. The van der Waals surface area contributed by atoms with Crippen LogP contribution in [0.2, 0.25) is 10.0 Å². The van der Waals surface area contributed by atoms with Crippen molar-refractivity contribution < 1.29 is 0 Å². The fourth-order valence-electron chi connectivity index (χ4n) is 2.66. The van der Waals surface area contributed by atoms with Crippen LogP contribution in [-0.2, 0) is 12.8 Å². The van der Waals surface area contributed by atoms with E-state index in [-0.39, 0.29) is 0 Å². The van der Waals surface area contributed by atoms with Gasteiger partial charge in [0.15, 0.2) is 0 Å². The zero-order valence-electron chi connectivity index (χ0n) is 12.6. The van der Waals surface area contributed by atoms with Crippen LogP contribution in [0, 0.1) is 0 Å². The Morgan fingerprint density at radius 2 is 1.17 bits per heavy atom. The Hall–Kier alpha value is -1.96. The standard InChI is InChI=1S/C20H17Cl2N/c21-17-8-4-14(5-9-17)12-16-2-1-3-20(23)19(16)13-15-6-10-18(22)11-7-15/h1-11H,12-13,23H2. The van der Waals surface area contributed by atoms with Crippen molar-refractivity contribution >= 4 is 28.9 Å². The van der Waals surface area contributed by atoms with E-state index < -0.39 is 0 Å². The second-order valence-corrected chi connectivity index (χ2v) is 6.46. The highest BCUT2D eigenvalue weighted by Crippen LogP contribution is 2.24. The highest BCUT2D eigenvalue weighted by Gasteiger charge is 2.08. The van der Waals surface area contributed by atoms with Gasteiger partial charge in [-0.25, -0.2) is 0 Å². The van der Waals surface area contributed by atoms with E-state index >= 15 is 0 Å². The minimum atomic E-state index is 0.746. The van der Waals surface area contributed by atoms with Crippen molar-refractivity contribution in [2.75, 3.05) is 5.73 Å². The number of hydrogen-bond donors (Lipinski definition) is 1. The molecule has 0 aliphatic rings. The van der Waals surface area contributed by atoms with Crippen molar-refractivity contribution in [1.82, 2.24) is 0 Å². The predicted octanol–water partition coefficient (Wildman–Crippen LogP) is 5.76. The van der Waals surface area contributed by atoms with Gasteiger partial charge in [-0.2, -0.15) is 0 Å². The third-order valence-corrected chi connectivity index (χ3v) is 4.42. The molecular formula is C20H17Cl2N. The first-order valence-electron chi connectivity index (χ1n) is 7.47. The van der Waals surface area contributed by atoms with Crippen LogP contribution >= 0.6 is 23.2 Å². The van der Waals surface area contributed by atoms with Crippen LogP contribution in [0.25, 0.3) is 0 Å². The maximum absolute atomic E-state index is 6.23. The number of halogens is 2. The molecule has 0 spiro atoms. The van der Waals surface area contributed by atoms with Gasteiger partial charge in [-0.1, -0.05) is 59.6 Å². The van der Waals surface area contributed by atoms with E-state index in [2.05, 4.69) is 18.2 Å². The summed E-state index contributed by atoms with van der Waals surface area (Å²) in [6, 6.07) is 21.9. The van der Waals surface area contributed by atoms with Crippen LogP contribution in [-0.4, -0.2) is 0 Å². The van der Waals surface area contributed by atoms with Gasteiger partial charge in [0.1, 0.15) is 0 Å². The maximum Gasteiger partial charge on any atom is 0.0406 e. The molecule has 0 heterocycles. The van der Waals surface area contributed by atoms with Gasteiger partial charge in [-0.15, -0.1) is 0 Å². The lowest BCUT2D eigenvalue weighted by Crippen LogP contribution is -2.02. The van der Waals surface area contributed by atoms with E-state index in [4.69, 9.17) is 28.9 Å². The number of anilines is 1. The second kappa shape index (κ2) is 7.08. The van der Waals surface area contributed by atoms with E-state index in [0.717, 1.165) is 28.6 Å². The quantitative estimate of drug-likeness (QED) is 0.600. The lowest BCUT2D eigenvalue weighted by molar-refractivity contribution is 1.09. The van der Waals surface area contributed by atoms with Gasteiger partial charge in [-0.3, -0.25) is 0 Å². The highest BCUT2D eigenvalue weighted by atomic mass is 35.5.